The number of aryl methyl sites for hydroxylation is 2. The lowest BCUT2D eigenvalue weighted by Crippen LogP contribution is -2.31. The van der Waals surface area contributed by atoms with Gasteiger partial charge >= 0.3 is 5.63 Å². The summed E-state index contributed by atoms with van der Waals surface area (Å²) in [5.41, 5.74) is 4.57. The van der Waals surface area contributed by atoms with E-state index in [1.807, 2.05) is 19.9 Å². The van der Waals surface area contributed by atoms with E-state index in [9.17, 15) is 4.79 Å². The molecule has 1 aromatic heterocycles. The summed E-state index contributed by atoms with van der Waals surface area (Å²) in [5.74, 6) is 0.848. The maximum Gasteiger partial charge on any atom is 0.336 e. The first-order valence-corrected chi connectivity index (χ1v) is 8.08. The van der Waals surface area contributed by atoms with Gasteiger partial charge in [-0.25, -0.2) is 4.79 Å². The van der Waals surface area contributed by atoms with Crippen LogP contribution in [0.2, 0.25) is 0 Å². The van der Waals surface area contributed by atoms with Crippen molar-refractivity contribution in [3.8, 4) is 5.75 Å². The maximum atomic E-state index is 11.7. The Kier molecular flexibility index (Phi) is 3.62. The lowest BCUT2D eigenvalue weighted by atomic mass is 10.0. The van der Waals surface area contributed by atoms with E-state index in [2.05, 4.69) is 35.2 Å². The van der Waals surface area contributed by atoms with Crippen LogP contribution >= 0.6 is 0 Å². The van der Waals surface area contributed by atoms with E-state index >= 15 is 0 Å². The zero-order valence-electron chi connectivity index (χ0n) is 13.8. The highest BCUT2D eigenvalue weighted by molar-refractivity contribution is 5.86. The van der Waals surface area contributed by atoms with Crippen LogP contribution < -0.4 is 10.4 Å². The Bertz CT molecular complexity index is 960. The molecule has 122 valence electrons. The minimum atomic E-state index is -0.315. The topological polar surface area (TPSA) is 42.7 Å². The highest BCUT2D eigenvalue weighted by atomic mass is 16.5. The maximum absolute atomic E-state index is 11.7. The molecule has 24 heavy (non-hydrogen) atoms. The number of benzene rings is 2. The molecule has 0 saturated heterocycles. The average molecular weight is 321 g/mol. The molecular formula is C20H19NO3. The predicted molar refractivity (Wildman–Crippen MR) is 93.1 cm³/mol. The van der Waals surface area contributed by atoms with E-state index in [-0.39, 0.29) is 5.63 Å². The van der Waals surface area contributed by atoms with E-state index in [4.69, 9.17) is 9.15 Å². The number of hydrogen-bond donors (Lipinski definition) is 0. The van der Waals surface area contributed by atoms with Crippen molar-refractivity contribution in [2.75, 3.05) is 6.73 Å². The minimum Gasteiger partial charge on any atom is -0.477 e. The Hall–Kier alpha value is -2.59. The summed E-state index contributed by atoms with van der Waals surface area (Å²) in [6.07, 6.45) is 0. The summed E-state index contributed by atoms with van der Waals surface area (Å²) < 4.78 is 11.4. The van der Waals surface area contributed by atoms with Gasteiger partial charge < -0.3 is 9.15 Å². The molecule has 0 bridgehead atoms. The fraction of sp³-hybridized carbons (Fsp3) is 0.250. The number of fused-ring (bicyclic) bond motifs is 2. The molecule has 0 aliphatic carbocycles. The first-order chi connectivity index (χ1) is 11.6. The van der Waals surface area contributed by atoms with Crippen molar-refractivity contribution < 1.29 is 9.15 Å². The lowest BCUT2D eigenvalue weighted by molar-refractivity contribution is 0.0881. The van der Waals surface area contributed by atoms with Crippen LogP contribution in [0, 0.1) is 13.8 Å². The molecule has 0 spiro atoms. The van der Waals surface area contributed by atoms with Gasteiger partial charge in [0.15, 0.2) is 0 Å². The Balaban J connectivity index is 1.72. The molecule has 0 saturated carbocycles. The van der Waals surface area contributed by atoms with Gasteiger partial charge in [-0.15, -0.1) is 0 Å². The summed E-state index contributed by atoms with van der Waals surface area (Å²) in [6.45, 7) is 6.09. The zero-order chi connectivity index (χ0) is 16.7. The molecule has 2 aromatic carbocycles. The number of rotatable bonds is 2. The minimum absolute atomic E-state index is 0.315. The van der Waals surface area contributed by atoms with Gasteiger partial charge in [0.25, 0.3) is 0 Å². The Morgan fingerprint density at radius 2 is 1.92 bits per heavy atom. The molecule has 2 heterocycles. The smallest absolute Gasteiger partial charge is 0.336 e. The Morgan fingerprint density at radius 3 is 2.71 bits per heavy atom. The second-order valence-corrected chi connectivity index (χ2v) is 6.36. The van der Waals surface area contributed by atoms with E-state index < -0.39 is 0 Å². The van der Waals surface area contributed by atoms with Crippen LogP contribution in [0.15, 0.2) is 51.7 Å². The van der Waals surface area contributed by atoms with Gasteiger partial charge in [0.1, 0.15) is 18.1 Å². The Morgan fingerprint density at radius 1 is 1.12 bits per heavy atom. The molecular weight excluding hydrogens is 302 g/mol. The molecule has 0 fully saturated rings. The van der Waals surface area contributed by atoms with Gasteiger partial charge in [-0.3, -0.25) is 4.90 Å². The number of hydrogen-bond acceptors (Lipinski definition) is 4. The van der Waals surface area contributed by atoms with Crippen LogP contribution in [0.3, 0.4) is 0 Å². The molecule has 4 rings (SSSR count). The third kappa shape index (κ3) is 2.59. The highest BCUT2D eigenvalue weighted by Gasteiger charge is 2.22. The van der Waals surface area contributed by atoms with Crippen molar-refractivity contribution in [3.05, 3.63) is 75.1 Å². The SMILES string of the molecule is Cc1cc(=O)oc2c(C)c3c(cc12)CN(Cc1ccccc1)CO3. The third-order valence-corrected chi connectivity index (χ3v) is 4.53. The molecule has 0 unspecified atom stereocenters. The summed E-state index contributed by atoms with van der Waals surface area (Å²) in [4.78, 5) is 13.9. The monoisotopic (exact) mass is 321 g/mol. The molecule has 4 nitrogen and oxygen atoms in total. The van der Waals surface area contributed by atoms with E-state index in [0.717, 1.165) is 40.9 Å². The van der Waals surface area contributed by atoms with Crippen molar-refractivity contribution in [1.29, 1.82) is 0 Å². The third-order valence-electron chi connectivity index (χ3n) is 4.53. The molecule has 0 radical (unpaired) electrons. The number of ether oxygens (including phenoxy) is 1. The van der Waals surface area contributed by atoms with Crippen LogP contribution in [0.5, 0.6) is 5.75 Å². The van der Waals surface area contributed by atoms with Gasteiger partial charge in [0, 0.05) is 35.7 Å². The molecule has 0 amide bonds. The van der Waals surface area contributed by atoms with Crippen LogP contribution in [0.1, 0.15) is 22.3 Å². The molecule has 1 aliphatic heterocycles. The van der Waals surface area contributed by atoms with Crippen LogP contribution in [0.4, 0.5) is 0 Å². The van der Waals surface area contributed by atoms with Crippen LogP contribution in [-0.2, 0) is 13.1 Å². The van der Waals surface area contributed by atoms with E-state index in [1.165, 1.54) is 5.56 Å². The van der Waals surface area contributed by atoms with E-state index in [1.54, 1.807) is 6.07 Å². The standard InChI is InChI=1S/C20H19NO3/c1-13-8-18(22)24-20-14(2)19-16(9-17(13)20)11-21(12-23-19)10-15-6-4-3-5-7-15/h3-9H,10-12H2,1-2H3. The summed E-state index contributed by atoms with van der Waals surface area (Å²) in [6, 6.07) is 14.0. The van der Waals surface area contributed by atoms with Crippen molar-refractivity contribution >= 4 is 11.0 Å². The zero-order valence-corrected chi connectivity index (χ0v) is 13.8. The van der Waals surface area contributed by atoms with Gasteiger partial charge in [0.2, 0.25) is 0 Å². The van der Waals surface area contributed by atoms with Crippen molar-refractivity contribution in [1.82, 2.24) is 4.90 Å². The largest absolute Gasteiger partial charge is 0.477 e. The van der Waals surface area contributed by atoms with Crippen molar-refractivity contribution in [2.24, 2.45) is 0 Å². The van der Waals surface area contributed by atoms with Crippen LogP contribution in [0.25, 0.3) is 11.0 Å². The molecule has 4 heteroatoms. The average Bonchev–Trinajstić information content (AvgIpc) is 2.57. The fourth-order valence-corrected chi connectivity index (χ4v) is 3.36. The lowest BCUT2D eigenvalue weighted by Gasteiger charge is -2.30. The summed E-state index contributed by atoms with van der Waals surface area (Å²) in [5, 5.41) is 0.982. The van der Waals surface area contributed by atoms with Gasteiger partial charge in [-0.2, -0.15) is 0 Å². The summed E-state index contributed by atoms with van der Waals surface area (Å²) >= 11 is 0. The van der Waals surface area contributed by atoms with Gasteiger partial charge in [-0.05, 0) is 31.0 Å². The summed E-state index contributed by atoms with van der Waals surface area (Å²) in [7, 11) is 0. The fourth-order valence-electron chi connectivity index (χ4n) is 3.36. The van der Waals surface area contributed by atoms with Gasteiger partial charge in [-0.1, -0.05) is 30.3 Å². The van der Waals surface area contributed by atoms with Gasteiger partial charge in [0.05, 0.1) is 0 Å². The molecule has 1 aliphatic rings. The molecule has 0 N–H and O–H groups in total. The normalized spacial score (nSPS) is 14.4. The second-order valence-electron chi connectivity index (χ2n) is 6.36. The molecule has 0 atom stereocenters. The highest BCUT2D eigenvalue weighted by Crippen LogP contribution is 2.35. The first-order valence-electron chi connectivity index (χ1n) is 8.08. The predicted octanol–water partition coefficient (Wildman–Crippen LogP) is 3.76. The van der Waals surface area contributed by atoms with Crippen LogP contribution in [-0.4, -0.2) is 11.6 Å². The van der Waals surface area contributed by atoms with Crippen molar-refractivity contribution in [2.45, 2.75) is 26.9 Å². The van der Waals surface area contributed by atoms with Crippen molar-refractivity contribution in [3.63, 3.8) is 0 Å². The Labute approximate surface area is 140 Å². The molecule has 3 aromatic rings. The number of nitrogens with zero attached hydrogens (tertiary/aromatic N) is 1. The second kappa shape index (κ2) is 5.80. The first kappa shape index (κ1) is 15.0. The van der Waals surface area contributed by atoms with E-state index in [0.29, 0.717) is 12.3 Å². The quantitative estimate of drug-likeness (QED) is 0.674.